The van der Waals surface area contributed by atoms with Crippen LogP contribution in [-0.2, 0) is 18.3 Å². The molecule has 0 saturated heterocycles. The Morgan fingerprint density at radius 3 is 2.03 bits per heavy atom. The normalized spacial score (nSPS) is 15.3. The van der Waals surface area contributed by atoms with E-state index >= 15 is 0 Å². The summed E-state index contributed by atoms with van der Waals surface area (Å²) in [7, 11) is 0. The number of nitrogens with two attached hydrogens (primary N) is 3. The van der Waals surface area contributed by atoms with Crippen LogP contribution in [0, 0.1) is 0 Å². The lowest BCUT2D eigenvalue weighted by Crippen LogP contribution is -2.33. The molecule has 0 spiro atoms. The number of benzene rings is 2. The summed E-state index contributed by atoms with van der Waals surface area (Å²) < 4.78 is 0. The molecule has 32 heavy (non-hydrogen) atoms. The largest absolute Gasteiger partial charge is 0.366 e. The Hall–Kier alpha value is -3.59. The average Bonchev–Trinajstić information content (AvgIpc) is 3.26. The molecule has 9 nitrogen and oxygen atoms in total. The van der Waals surface area contributed by atoms with Crippen molar-refractivity contribution in [3.8, 4) is 0 Å². The van der Waals surface area contributed by atoms with Crippen molar-refractivity contribution in [1.82, 2.24) is 20.6 Å². The Morgan fingerprint density at radius 2 is 1.59 bits per heavy atom. The molecule has 1 aromatic heterocycles. The number of carbonyl (C=O) groups is 2. The van der Waals surface area contributed by atoms with Crippen molar-refractivity contribution < 1.29 is 9.59 Å². The number of tetrazole rings is 1. The summed E-state index contributed by atoms with van der Waals surface area (Å²) in [6, 6.07) is 11.1. The van der Waals surface area contributed by atoms with Crippen molar-refractivity contribution in [2.45, 2.75) is 50.5 Å². The quantitative estimate of drug-likeness (QED) is 0.439. The molecule has 0 fully saturated rings. The van der Waals surface area contributed by atoms with Crippen LogP contribution >= 0.6 is 0 Å². The molecule has 1 aliphatic rings. The molecular formula is C23H27N7O2. The van der Waals surface area contributed by atoms with E-state index in [1.54, 1.807) is 12.1 Å². The van der Waals surface area contributed by atoms with E-state index in [2.05, 4.69) is 20.6 Å². The maximum atomic E-state index is 11.9. The summed E-state index contributed by atoms with van der Waals surface area (Å²) in [6.45, 7) is 1.98. The van der Waals surface area contributed by atoms with Crippen LogP contribution in [0.1, 0.15) is 75.0 Å². The van der Waals surface area contributed by atoms with Gasteiger partial charge < -0.3 is 17.2 Å². The first kappa shape index (κ1) is 21.6. The van der Waals surface area contributed by atoms with Crippen LogP contribution in [-0.4, -0.2) is 38.5 Å². The van der Waals surface area contributed by atoms with Crippen LogP contribution < -0.4 is 17.2 Å². The zero-order valence-corrected chi connectivity index (χ0v) is 18.0. The number of nitrogens with one attached hydrogen (secondary N) is 1. The second kappa shape index (κ2) is 8.51. The van der Waals surface area contributed by atoms with Crippen molar-refractivity contribution in [3.05, 3.63) is 75.6 Å². The van der Waals surface area contributed by atoms with Gasteiger partial charge in [0.1, 0.15) is 0 Å². The number of primary amides is 2. The van der Waals surface area contributed by atoms with E-state index in [1.165, 1.54) is 0 Å². The van der Waals surface area contributed by atoms with E-state index < -0.39 is 17.2 Å². The van der Waals surface area contributed by atoms with Crippen LogP contribution in [0.15, 0.2) is 36.4 Å². The Balaban J connectivity index is 1.99. The summed E-state index contributed by atoms with van der Waals surface area (Å²) in [6.07, 6.45) is 3.68. The molecule has 4 rings (SSSR count). The molecule has 0 bridgehead atoms. The van der Waals surface area contributed by atoms with E-state index in [-0.39, 0.29) is 6.04 Å². The molecule has 1 atom stereocenters. The van der Waals surface area contributed by atoms with Crippen molar-refractivity contribution in [1.29, 1.82) is 0 Å². The Bertz CT molecular complexity index is 1090. The molecule has 0 aliphatic heterocycles. The average molecular weight is 434 g/mol. The van der Waals surface area contributed by atoms with Crippen molar-refractivity contribution in [2.24, 2.45) is 17.2 Å². The lowest BCUT2D eigenvalue weighted by atomic mass is 9.68. The number of aromatic nitrogens is 4. The van der Waals surface area contributed by atoms with Gasteiger partial charge in [-0.1, -0.05) is 18.6 Å². The van der Waals surface area contributed by atoms with Gasteiger partial charge in [0.05, 0.1) is 5.41 Å². The molecule has 1 aliphatic carbocycles. The third-order valence-corrected chi connectivity index (χ3v) is 6.32. The first-order valence-electron chi connectivity index (χ1n) is 10.7. The Labute approximate surface area is 185 Å². The van der Waals surface area contributed by atoms with E-state index in [1.807, 2.05) is 31.2 Å². The minimum absolute atomic E-state index is 0.0547. The summed E-state index contributed by atoms with van der Waals surface area (Å²) in [5.74, 6) is -0.353. The first-order valence-corrected chi connectivity index (χ1v) is 10.7. The van der Waals surface area contributed by atoms with Gasteiger partial charge in [-0.2, -0.15) is 0 Å². The number of aryl methyl sites for hydroxylation is 2. The topological polar surface area (TPSA) is 167 Å². The van der Waals surface area contributed by atoms with Crippen LogP contribution in [0.25, 0.3) is 0 Å². The summed E-state index contributed by atoms with van der Waals surface area (Å²) in [5, 5.41) is 15.0. The van der Waals surface area contributed by atoms with Gasteiger partial charge in [-0.25, -0.2) is 5.10 Å². The number of hydrogen-bond acceptors (Lipinski definition) is 6. The maximum Gasteiger partial charge on any atom is 0.248 e. The molecule has 1 heterocycles. The van der Waals surface area contributed by atoms with Crippen molar-refractivity contribution in [3.63, 3.8) is 0 Å². The molecule has 0 unspecified atom stereocenters. The number of aromatic amines is 1. The number of H-pyrrole nitrogens is 1. The predicted octanol–water partition coefficient (Wildman–Crippen LogP) is 1.35. The molecule has 9 heteroatoms. The molecule has 3 aromatic rings. The molecule has 2 amide bonds. The molecule has 0 radical (unpaired) electrons. The maximum absolute atomic E-state index is 11.9. The fourth-order valence-corrected chi connectivity index (χ4v) is 4.83. The lowest BCUT2D eigenvalue weighted by Gasteiger charge is -2.34. The fourth-order valence-electron chi connectivity index (χ4n) is 4.83. The SMILES string of the molecule is C[C@@H](N)CCCC1(c2nnn[nH]2)c2ccc(C(N)=O)cc2CCc2cc(C(N)=O)ccc21. The summed E-state index contributed by atoms with van der Waals surface area (Å²) in [5.41, 5.74) is 21.4. The van der Waals surface area contributed by atoms with E-state index in [9.17, 15) is 9.59 Å². The van der Waals surface area contributed by atoms with Crippen molar-refractivity contribution >= 4 is 11.8 Å². The van der Waals surface area contributed by atoms with E-state index in [0.717, 1.165) is 35.1 Å². The highest BCUT2D eigenvalue weighted by Crippen LogP contribution is 2.47. The number of nitrogens with zero attached hydrogens (tertiary/aromatic N) is 3. The minimum atomic E-state index is -0.702. The van der Waals surface area contributed by atoms with Gasteiger partial charge in [-0.15, -0.1) is 5.10 Å². The zero-order chi connectivity index (χ0) is 22.9. The summed E-state index contributed by atoms with van der Waals surface area (Å²) >= 11 is 0. The third kappa shape index (κ3) is 3.75. The lowest BCUT2D eigenvalue weighted by molar-refractivity contribution is 0.0991. The van der Waals surface area contributed by atoms with Gasteiger partial charge in [0.25, 0.3) is 0 Å². The van der Waals surface area contributed by atoms with Crippen LogP contribution in [0.3, 0.4) is 0 Å². The van der Waals surface area contributed by atoms with Crippen LogP contribution in [0.4, 0.5) is 0 Å². The highest BCUT2D eigenvalue weighted by molar-refractivity contribution is 5.94. The first-order chi connectivity index (χ1) is 15.3. The number of fused-ring (bicyclic) bond motifs is 2. The second-order valence-electron chi connectivity index (χ2n) is 8.50. The molecular weight excluding hydrogens is 406 g/mol. The number of hydrogen-bond donors (Lipinski definition) is 4. The monoisotopic (exact) mass is 433 g/mol. The van der Waals surface area contributed by atoms with Crippen LogP contribution in [0.5, 0.6) is 0 Å². The number of rotatable bonds is 7. The highest BCUT2D eigenvalue weighted by Gasteiger charge is 2.43. The standard InChI is InChI=1S/C23H27N7O2/c1-13(24)3-2-10-23(22-27-29-30-28-22)18-8-6-16(20(25)31)11-14(18)4-5-15-12-17(21(26)32)7-9-19(15)23/h6-9,11-13H,2-5,10,24H2,1H3,(H2,25,31)(H2,26,32)(H,27,28,29,30)/t13-/m1/s1. The molecule has 2 aromatic carbocycles. The summed E-state index contributed by atoms with van der Waals surface area (Å²) in [4.78, 5) is 23.7. The fraction of sp³-hybridized carbons (Fsp3) is 0.348. The zero-order valence-electron chi connectivity index (χ0n) is 18.0. The van der Waals surface area contributed by atoms with Gasteiger partial charge >= 0.3 is 0 Å². The molecule has 0 saturated carbocycles. The van der Waals surface area contributed by atoms with E-state index in [0.29, 0.717) is 36.2 Å². The van der Waals surface area contributed by atoms with Gasteiger partial charge in [-0.05, 0) is 89.6 Å². The van der Waals surface area contributed by atoms with Gasteiger partial charge in [0.15, 0.2) is 5.82 Å². The number of carbonyl (C=O) groups excluding carboxylic acids is 2. The van der Waals surface area contributed by atoms with Crippen molar-refractivity contribution in [2.75, 3.05) is 0 Å². The van der Waals surface area contributed by atoms with Crippen LogP contribution in [0.2, 0.25) is 0 Å². The highest BCUT2D eigenvalue weighted by atomic mass is 16.1. The van der Waals surface area contributed by atoms with Gasteiger partial charge in [-0.3, -0.25) is 9.59 Å². The van der Waals surface area contributed by atoms with Gasteiger partial charge in [0.2, 0.25) is 11.8 Å². The minimum Gasteiger partial charge on any atom is -0.366 e. The predicted molar refractivity (Wildman–Crippen MR) is 119 cm³/mol. The van der Waals surface area contributed by atoms with Gasteiger partial charge in [0, 0.05) is 17.2 Å². The number of amides is 2. The molecule has 166 valence electrons. The smallest absolute Gasteiger partial charge is 0.248 e. The molecule has 7 N–H and O–H groups in total. The Kier molecular flexibility index (Phi) is 5.75. The third-order valence-electron chi connectivity index (χ3n) is 6.32. The van der Waals surface area contributed by atoms with E-state index in [4.69, 9.17) is 17.2 Å². The Morgan fingerprint density at radius 1 is 1.03 bits per heavy atom. The second-order valence-corrected chi connectivity index (χ2v) is 8.50.